The summed E-state index contributed by atoms with van der Waals surface area (Å²) in [6.45, 7) is 17.0. The van der Waals surface area contributed by atoms with E-state index in [1.807, 2.05) is 10.7 Å². The van der Waals surface area contributed by atoms with Gasteiger partial charge in [-0.05, 0) is 65.8 Å². The Morgan fingerprint density at radius 2 is 1.65 bits per heavy atom. The predicted molar refractivity (Wildman–Crippen MR) is 154 cm³/mol. The fourth-order valence-electron chi connectivity index (χ4n) is 5.24. The highest BCUT2D eigenvalue weighted by Gasteiger charge is 2.41. The molecule has 190 valence electrons. The molecule has 9 heteroatoms. The third-order valence-electron chi connectivity index (χ3n) is 7.36. The summed E-state index contributed by atoms with van der Waals surface area (Å²) in [5.74, 6) is 3.32. The van der Waals surface area contributed by atoms with Gasteiger partial charge < -0.3 is 14.4 Å². The largest absolute Gasteiger partial charge is 0.361 e. The Kier molecular flexibility index (Phi) is 8.48. The molecule has 4 rings (SSSR count). The minimum absolute atomic E-state index is 0.517. The molecule has 3 unspecified atom stereocenters. The normalized spacial score (nSPS) is 22.7. The molecule has 2 saturated carbocycles. The molecule has 6 nitrogen and oxygen atoms in total. The summed E-state index contributed by atoms with van der Waals surface area (Å²) in [4.78, 5) is 7.36. The Morgan fingerprint density at radius 3 is 2.18 bits per heavy atom. The van der Waals surface area contributed by atoms with Crippen molar-refractivity contribution in [3.63, 3.8) is 0 Å². The van der Waals surface area contributed by atoms with Gasteiger partial charge in [-0.2, -0.15) is 9.61 Å². The van der Waals surface area contributed by atoms with E-state index in [1.165, 1.54) is 43.5 Å². The smallest absolute Gasteiger partial charge is 0.171 e. The van der Waals surface area contributed by atoms with Crippen LogP contribution in [0.5, 0.6) is 0 Å². The SMILES string of the molecule is C[Si](C)(C)CCOCN(COCC[Si](C)(C)C)c1cc(C2CC3CCC2C3)nc2c(I)cnn12. The summed E-state index contributed by atoms with van der Waals surface area (Å²) in [5, 5.41) is 4.70. The van der Waals surface area contributed by atoms with Crippen molar-refractivity contribution in [3.05, 3.63) is 21.5 Å². The molecule has 0 N–H and O–H groups in total. The summed E-state index contributed by atoms with van der Waals surface area (Å²) in [6.07, 6.45) is 7.36. The van der Waals surface area contributed by atoms with E-state index < -0.39 is 16.1 Å². The van der Waals surface area contributed by atoms with Crippen LogP contribution in [0.15, 0.2) is 12.3 Å². The zero-order chi connectivity index (χ0) is 24.5. The monoisotopic (exact) mass is 614 g/mol. The first kappa shape index (κ1) is 26.6. The molecule has 2 aliphatic rings. The Balaban J connectivity index is 1.57. The Hall–Kier alpha value is -0.496. The topological polar surface area (TPSA) is 51.9 Å². The van der Waals surface area contributed by atoms with Crippen LogP contribution in [0.25, 0.3) is 5.65 Å². The van der Waals surface area contributed by atoms with Crippen molar-refractivity contribution >= 4 is 50.2 Å². The highest BCUT2D eigenvalue weighted by Crippen LogP contribution is 2.52. The van der Waals surface area contributed by atoms with Crippen molar-refractivity contribution < 1.29 is 9.47 Å². The van der Waals surface area contributed by atoms with E-state index in [4.69, 9.17) is 19.6 Å². The maximum Gasteiger partial charge on any atom is 0.171 e. The van der Waals surface area contributed by atoms with Crippen LogP contribution in [0, 0.1) is 15.4 Å². The highest BCUT2D eigenvalue weighted by molar-refractivity contribution is 14.1. The molecule has 3 atom stereocenters. The van der Waals surface area contributed by atoms with Crippen LogP contribution in [-0.2, 0) is 9.47 Å². The van der Waals surface area contributed by atoms with Gasteiger partial charge in [-0.15, -0.1) is 0 Å². The third kappa shape index (κ3) is 6.83. The maximum atomic E-state index is 6.22. The molecule has 0 saturated heterocycles. The standard InChI is InChI=1S/C25H43IN4O2Si2/c1-33(2,3)11-9-31-17-29(18-32-10-12-34(4,5)6)24-15-23(21-14-19-7-8-20(21)13-19)28-25-22(26)16-27-30(24)25/h15-16,19-21H,7-14,17-18H2,1-6H3. The summed E-state index contributed by atoms with van der Waals surface area (Å²) in [5.41, 5.74) is 2.20. The number of anilines is 1. The fourth-order valence-corrected chi connectivity index (χ4v) is 7.22. The minimum Gasteiger partial charge on any atom is -0.361 e. The van der Waals surface area contributed by atoms with Gasteiger partial charge in [0.2, 0.25) is 0 Å². The first-order valence-corrected chi connectivity index (χ1v) is 21.4. The number of halogens is 1. The predicted octanol–water partition coefficient (Wildman–Crippen LogP) is 6.67. The van der Waals surface area contributed by atoms with Crippen LogP contribution >= 0.6 is 22.6 Å². The Bertz CT molecular complexity index is 950. The quantitative estimate of drug-likeness (QED) is 0.116. The summed E-state index contributed by atoms with van der Waals surface area (Å²) in [7, 11) is -2.27. The molecule has 0 spiro atoms. The molecule has 2 aromatic heterocycles. The zero-order valence-corrected chi connectivity index (χ0v) is 26.1. The van der Waals surface area contributed by atoms with E-state index in [9.17, 15) is 0 Å². The van der Waals surface area contributed by atoms with Crippen LogP contribution in [-0.4, -0.2) is 57.4 Å². The van der Waals surface area contributed by atoms with Crippen LogP contribution < -0.4 is 4.90 Å². The molecule has 0 aliphatic heterocycles. The number of nitrogens with zero attached hydrogens (tertiary/aromatic N) is 4. The van der Waals surface area contributed by atoms with Crippen LogP contribution in [0.2, 0.25) is 51.4 Å². The molecule has 34 heavy (non-hydrogen) atoms. The molecule has 0 radical (unpaired) electrons. The molecule has 0 amide bonds. The van der Waals surface area contributed by atoms with E-state index in [1.54, 1.807) is 0 Å². The molecular formula is C25H43IN4O2Si2. The van der Waals surface area contributed by atoms with Gasteiger partial charge in [-0.3, -0.25) is 0 Å². The lowest BCUT2D eigenvalue weighted by Gasteiger charge is -2.28. The summed E-state index contributed by atoms with van der Waals surface area (Å²) >= 11 is 2.37. The molecule has 2 fully saturated rings. The molecule has 0 aromatic carbocycles. The van der Waals surface area contributed by atoms with Crippen molar-refractivity contribution in [2.75, 3.05) is 31.6 Å². The lowest BCUT2D eigenvalue weighted by Crippen LogP contribution is -2.33. The van der Waals surface area contributed by atoms with Crippen molar-refractivity contribution in [2.24, 2.45) is 11.8 Å². The molecule has 2 heterocycles. The van der Waals surface area contributed by atoms with Crippen LogP contribution in [0.3, 0.4) is 0 Å². The van der Waals surface area contributed by atoms with Crippen molar-refractivity contribution in [2.45, 2.75) is 83.0 Å². The van der Waals surface area contributed by atoms with E-state index in [2.05, 4.69) is 72.8 Å². The van der Waals surface area contributed by atoms with E-state index in [-0.39, 0.29) is 0 Å². The lowest BCUT2D eigenvalue weighted by atomic mass is 9.86. The van der Waals surface area contributed by atoms with Gasteiger partial charge in [-0.1, -0.05) is 45.7 Å². The number of aromatic nitrogens is 3. The second-order valence-electron chi connectivity index (χ2n) is 12.8. The fraction of sp³-hybridized carbons (Fsp3) is 0.760. The third-order valence-corrected chi connectivity index (χ3v) is 11.5. The molecule has 2 bridgehead atoms. The van der Waals surface area contributed by atoms with Crippen LogP contribution in [0.4, 0.5) is 5.82 Å². The number of fused-ring (bicyclic) bond motifs is 3. The van der Waals surface area contributed by atoms with E-state index in [0.717, 1.165) is 40.1 Å². The van der Waals surface area contributed by atoms with Gasteiger partial charge in [0, 0.05) is 47.0 Å². The molecule has 2 aliphatic carbocycles. The number of ether oxygens (including phenoxy) is 2. The van der Waals surface area contributed by atoms with E-state index >= 15 is 0 Å². The van der Waals surface area contributed by atoms with Gasteiger partial charge in [0.25, 0.3) is 0 Å². The van der Waals surface area contributed by atoms with Crippen LogP contribution in [0.1, 0.15) is 37.3 Å². The number of hydrogen-bond donors (Lipinski definition) is 0. The Labute approximate surface area is 221 Å². The van der Waals surface area contributed by atoms with Crippen molar-refractivity contribution in [3.8, 4) is 0 Å². The van der Waals surface area contributed by atoms with Gasteiger partial charge in [0.15, 0.2) is 5.65 Å². The second kappa shape index (κ2) is 10.9. The van der Waals surface area contributed by atoms with Gasteiger partial charge in [0.05, 0.1) is 9.77 Å². The maximum absolute atomic E-state index is 6.22. The number of rotatable bonds is 12. The lowest BCUT2D eigenvalue weighted by molar-refractivity contribution is 0.0942. The zero-order valence-electron chi connectivity index (χ0n) is 21.9. The average molecular weight is 615 g/mol. The second-order valence-corrected chi connectivity index (χ2v) is 25.2. The van der Waals surface area contributed by atoms with Gasteiger partial charge >= 0.3 is 0 Å². The average Bonchev–Trinajstić information content (AvgIpc) is 3.47. The van der Waals surface area contributed by atoms with E-state index in [0.29, 0.717) is 19.4 Å². The van der Waals surface area contributed by atoms with Gasteiger partial charge in [0.1, 0.15) is 19.3 Å². The van der Waals surface area contributed by atoms with Gasteiger partial charge in [-0.25, -0.2) is 4.98 Å². The first-order valence-electron chi connectivity index (χ1n) is 12.9. The summed E-state index contributed by atoms with van der Waals surface area (Å²) < 4.78 is 15.5. The first-order chi connectivity index (χ1) is 16.0. The molecular weight excluding hydrogens is 571 g/mol. The highest BCUT2D eigenvalue weighted by atomic mass is 127. The number of hydrogen-bond acceptors (Lipinski definition) is 5. The molecule has 2 aromatic rings. The summed E-state index contributed by atoms with van der Waals surface area (Å²) in [6, 6.07) is 4.61. The Morgan fingerprint density at radius 1 is 1.00 bits per heavy atom. The van der Waals surface area contributed by atoms with Crippen molar-refractivity contribution in [1.29, 1.82) is 0 Å². The minimum atomic E-state index is -1.13. The van der Waals surface area contributed by atoms with Crippen molar-refractivity contribution in [1.82, 2.24) is 14.6 Å².